The number of nitrogens with zero attached hydrogens (tertiary/aromatic N) is 1. The predicted octanol–water partition coefficient (Wildman–Crippen LogP) is 7.45. The van der Waals surface area contributed by atoms with E-state index >= 15 is 0 Å². The van der Waals surface area contributed by atoms with Crippen LogP contribution in [0.4, 0.5) is 4.79 Å². The summed E-state index contributed by atoms with van der Waals surface area (Å²) < 4.78 is 12.0. The SMILES string of the molecule is CCOc1cc(/C=C2\SC(=O)N(Cc3cccc(Cl)c3)C2=O)cc(I)c1OC(=O)c1ccc(Cl)cc1. The maximum absolute atomic E-state index is 13.0. The fraction of sp³-hybridized carbons (Fsp3) is 0.115. The van der Waals surface area contributed by atoms with Gasteiger partial charge in [-0.3, -0.25) is 14.5 Å². The van der Waals surface area contributed by atoms with Crippen molar-refractivity contribution in [3.63, 3.8) is 0 Å². The van der Waals surface area contributed by atoms with Crippen LogP contribution in [0.15, 0.2) is 65.6 Å². The van der Waals surface area contributed by atoms with E-state index in [0.717, 1.165) is 17.3 Å². The first-order chi connectivity index (χ1) is 17.2. The zero-order valence-corrected chi connectivity index (χ0v) is 23.3. The zero-order chi connectivity index (χ0) is 25.8. The number of esters is 1. The van der Waals surface area contributed by atoms with Crippen LogP contribution in [0.25, 0.3) is 6.08 Å². The van der Waals surface area contributed by atoms with Gasteiger partial charge in [0.15, 0.2) is 11.5 Å². The molecule has 0 aromatic heterocycles. The fourth-order valence-electron chi connectivity index (χ4n) is 3.38. The second kappa shape index (κ2) is 11.7. The average Bonchev–Trinajstić information content (AvgIpc) is 3.09. The van der Waals surface area contributed by atoms with Gasteiger partial charge in [-0.1, -0.05) is 35.3 Å². The van der Waals surface area contributed by atoms with Crippen molar-refractivity contribution in [2.45, 2.75) is 13.5 Å². The summed E-state index contributed by atoms with van der Waals surface area (Å²) in [6, 6.07) is 16.8. The number of carbonyl (C=O) groups is 3. The molecule has 0 atom stereocenters. The van der Waals surface area contributed by atoms with Gasteiger partial charge in [0.2, 0.25) is 0 Å². The third-order valence-electron chi connectivity index (χ3n) is 5.01. The van der Waals surface area contributed by atoms with Gasteiger partial charge in [0.1, 0.15) is 0 Å². The first-order valence-corrected chi connectivity index (χ1v) is 13.3. The summed E-state index contributed by atoms with van der Waals surface area (Å²) in [5, 5.41) is 0.682. The molecule has 184 valence electrons. The van der Waals surface area contributed by atoms with E-state index in [1.807, 2.05) is 29.5 Å². The third kappa shape index (κ3) is 6.23. The molecular formula is C26H18Cl2INO5S. The normalized spacial score (nSPS) is 14.4. The Morgan fingerprint density at radius 3 is 2.50 bits per heavy atom. The van der Waals surface area contributed by atoms with Gasteiger partial charge in [0, 0.05) is 10.0 Å². The highest BCUT2D eigenvalue weighted by Gasteiger charge is 2.35. The molecule has 10 heteroatoms. The molecule has 0 unspecified atom stereocenters. The lowest BCUT2D eigenvalue weighted by atomic mass is 10.1. The molecule has 1 saturated heterocycles. The van der Waals surface area contributed by atoms with E-state index in [2.05, 4.69) is 0 Å². The van der Waals surface area contributed by atoms with Gasteiger partial charge < -0.3 is 9.47 Å². The molecule has 36 heavy (non-hydrogen) atoms. The Labute approximate surface area is 235 Å². The quantitative estimate of drug-likeness (QED) is 0.114. The van der Waals surface area contributed by atoms with Crippen LogP contribution in [0, 0.1) is 3.57 Å². The lowest BCUT2D eigenvalue weighted by Crippen LogP contribution is -2.27. The summed E-state index contributed by atoms with van der Waals surface area (Å²) >= 11 is 14.8. The first-order valence-electron chi connectivity index (χ1n) is 10.7. The summed E-state index contributed by atoms with van der Waals surface area (Å²) in [7, 11) is 0. The van der Waals surface area contributed by atoms with Crippen molar-refractivity contribution in [2.24, 2.45) is 0 Å². The number of hydrogen-bond acceptors (Lipinski definition) is 6. The molecule has 0 bridgehead atoms. The summed E-state index contributed by atoms with van der Waals surface area (Å²) in [6.07, 6.45) is 1.62. The average molecular weight is 654 g/mol. The second-order valence-electron chi connectivity index (χ2n) is 7.56. The smallest absolute Gasteiger partial charge is 0.343 e. The summed E-state index contributed by atoms with van der Waals surface area (Å²) in [5.41, 5.74) is 1.73. The monoisotopic (exact) mass is 653 g/mol. The van der Waals surface area contributed by atoms with Gasteiger partial charge in [-0.25, -0.2) is 4.79 Å². The van der Waals surface area contributed by atoms with Crippen LogP contribution in [0.5, 0.6) is 11.5 Å². The van der Waals surface area contributed by atoms with Crippen LogP contribution in [0.2, 0.25) is 10.0 Å². The lowest BCUT2D eigenvalue weighted by Gasteiger charge is -2.14. The van der Waals surface area contributed by atoms with Crippen molar-refractivity contribution in [3.05, 3.63) is 95.9 Å². The number of rotatable bonds is 7. The van der Waals surface area contributed by atoms with Crippen LogP contribution in [0.3, 0.4) is 0 Å². The number of imide groups is 1. The lowest BCUT2D eigenvalue weighted by molar-refractivity contribution is -0.123. The molecule has 3 aromatic carbocycles. The number of amides is 2. The van der Waals surface area contributed by atoms with Gasteiger partial charge in [-0.05, 0) is 107 Å². The Bertz CT molecular complexity index is 1380. The van der Waals surface area contributed by atoms with Gasteiger partial charge >= 0.3 is 5.97 Å². The molecule has 2 amide bonds. The molecule has 1 fully saturated rings. The van der Waals surface area contributed by atoms with Crippen LogP contribution in [-0.4, -0.2) is 28.6 Å². The molecule has 0 spiro atoms. The minimum absolute atomic E-state index is 0.129. The third-order valence-corrected chi connectivity index (χ3v) is 7.20. The summed E-state index contributed by atoms with van der Waals surface area (Å²) in [5.74, 6) is -0.337. The molecule has 0 radical (unpaired) electrons. The highest BCUT2D eigenvalue weighted by Crippen LogP contribution is 2.38. The molecular weight excluding hydrogens is 636 g/mol. The van der Waals surface area contributed by atoms with Gasteiger partial charge in [-0.2, -0.15) is 0 Å². The molecule has 0 saturated carbocycles. The Morgan fingerprint density at radius 1 is 1.06 bits per heavy atom. The Hall–Kier alpha value is -2.53. The largest absolute Gasteiger partial charge is 0.490 e. The first kappa shape index (κ1) is 26.5. The number of carbonyl (C=O) groups excluding carboxylic acids is 3. The van der Waals surface area contributed by atoms with Crippen molar-refractivity contribution < 1.29 is 23.9 Å². The Kier molecular flexibility index (Phi) is 8.61. The highest BCUT2D eigenvalue weighted by atomic mass is 127. The number of hydrogen-bond donors (Lipinski definition) is 0. The highest BCUT2D eigenvalue weighted by molar-refractivity contribution is 14.1. The molecule has 0 N–H and O–H groups in total. The van der Waals surface area contributed by atoms with Crippen LogP contribution < -0.4 is 9.47 Å². The van der Waals surface area contributed by atoms with Crippen molar-refractivity contribution in [3.8, 4) is 11.5 Å². The molecule has 4 rings (SSSR count). The number of benzene rings is 3. The molecule has 1 aliphatic rings. The summed E-state index contributed by atoms with van der Waals surface area (Å²) in [4.78, 5) is 39.6. The van der Waals surface area contributed by atoms with E-state index in [1.54, 1.807) is 66.7 Å². The molecule has 6 nitrogen and oxygen atoms in total. The van der Waals surface area contributed by atoms with Gasteiger partial charge in [0.05, 0.1) is 27.2 Å². The van der Waals surface area contributed by atoms with Crippen LogP contribution >= 0.6 is 57.6 Å². The van der Waals surface area contributed by atoms with Crippen LogP contribution in [0.1, 0.15) is 28.4 Å². The maximum Gasteiger partial charge on any atom is 0.343 e. The van der Waals surface area contributed by atoms with E-state index < -0.39 is 11.9 Å². The van der Waals surface area contributed by atoms with E-state index in [1.165, 1.54) is 4.90 Å². The fourth-order valence-corrected chi connectivity index (χ4v) is 5.29. The number of halogens is 3. The van der Waals surface area contributed by atoms with E-state index in [-0.39, 0.29) is 22.4 Å². The van der Waals surface area contributed by atoms with Crippen molar-refractivity contribution in [2.75, 3.05) is 6.61 Å². The minimum Gasteiger partial charge on any atom is -0.490 e. The maximum atomic E-state index is 13.0. The predicted molar refractivity (Wildman–Crippen MR) is 150 cm³/mol. The Balaban J connectivity index is 1.58. The zero-order valence-electron chi connectivity index (χ0n) is 18.8. The number of thioether (sulfide) groups is 1. The van der Waals surface area contributed by atoms with Gasteiger partial charge in [-0.15, -0.1) is 0 Å². The van der Waals surface area contributed by atoms with Crippen molar-refractivity contribution >= 4 is 80.7 Å². The van der Waals surface area contributed by atoms with Crippen LogP contribution in [-0.2, 0) is 11.3 Å². The van der Waals surface area contributed by atoms with Crippen molar-refractivity contribution in [1.29, 1.82) is 0 Å². The minimum atomic E-state index is -0.555. The standard InChI is InChI=1S/C26H18Cl2INO5S/c1-2-34-21-12-16(11-20(29)23(21)35-25(32)17-6-8-18(27)9-7-17)13-22-24(31)30(26(33)36-22)14-15-4-3-5-19(28)10-15/h3-13H,2,14H2,1H3/b22-13-. The Morgan fingerprint density at radius 2 is 1.81 bits per heavy atom. The van der Waals surface area contributed by atoms with Crippen molar-refractivity contribution in [1.82, 2.24) is 4.90 Å². The molecule has 0 aliphatic carbocycles. The van der Waals surface area contributed by atoms with E-state index in [9.17, 15) is 14.4 Å². The van der Waals surface area contributed by atoms with Gasteiger partial charge in [0.25, 0.3) is 11.1 Å². The van der Waals surface area contributed by atoms with E-state index in [0.29, 0.717) is 37.1 Å². The number of ether oxygens (including phenoxy) is 2. The molecule has 3 aromatic rings. The second-order valence-corrected chi connectivity index (χ2v) is 10.6. The van der Waals surface area contributed by atoms with E-state index in [4.69, 9.17) is 32.7 Å². The topological polar surface area (TPSA) is 72.9 Å². The molecule has 1 heterocycles. The molecule has 1 aliphatic heterocycles. The summed E-state index contributed by atoms with van der Waals surface area (Å²) in [6.45, 7) is 2.27.